The quantitative estimate of drug-likeness (QED) is 0.338. The molecule has 0 aliphatic heterocycles. The second kappa shape index (κ2) is 6.48. The topological polar surface area (TPSA) is 105 Å². The van der Waals surface area contributed by atoms with Gasteiger partial charge in [-0.1, -0.05) is 0 Å². The minimum absolute atomic E-state index is 0.351. The van der Waals surface area contributed by atoms with Crippen molar-refractivity contribution in [3.8, 4) is 0 Å². The van der Waals surface area contributed by atoms with Crippen LogP contribution < -0.4 is 6.25 Å². The van der Waals surface area contributed by atoms with Crippen LogP contribution in [0.2, 0.25) is 0 Å². The Balaban J connectivity index is 2.64. The van der Waals surface area contributed by atoms with E-state index in [2.05, 4.69) is 0 Å². The Kier molecular flexibility index (Phi) is 4.67. The van der Waals surface area contributed by atoms with Crippen molar-refractivity contribution in [3.63, 3.8) is 0 Å². The molecule has 0 aliphatic carbocycles. The van der Waals surface area contributed by atoms with Crippen molar-refractivity contribution in [2.45, 2.75) is 0 Å². The van der Waals surface area contributed by atoms with E-state index >= 15 is 0 Å². The average molecular weight is 485 g/mol. The molecule has 9 heteroatoms. The summed E-state index contributed by atoms with van der Waals surface area (Å²) in [6.45, 7) is 0. The molecule has 0 aromatic heterocycles. The maximum absolute atomic E-state index is 10.9. The molecule has 0 amide bonds. The fourth-order valence-electron chi connectivity index (χ4n) is 1.92. The SMILES string of the molecule is O=[N+]([O-])[O][Pb]([O][N+](=O)[O-])([c]1ccccc1)[c]1ccccc1. The summed E-state index contributed by atoms with van der Waals surface area (Å²) in [6.07, 6.45) is 0. The van der Waals surface area contributed by atoms with E-state index < -0.39 is 32.3 Å². The minimum atomic E-state index is -5.15. The third-order valence-electron chi connectivity index (χ3n) is 2.71. The van der Waals surface area contributed by atoms with E-state index in [1.54, 1.807) is 60.7 Å². The van der Waals surface area contributed by atoms with Gasteiger partial charge in [0.15, 0.2) is 0 Å². The third kappa shape index (κ3) is 3.45. The molecule has 8 nitrogen and oxygen atoms in total. The fraction of sp³-hybridized carbons (Fsp3) is 0. The number of hydrogen-bond acceptors (Lipinski definition) is 6. The average Bonchev–Trinajstić information content (AvgIpc) is 2.47. The van der Waals surface area contributed by atoms with Crippen LogP contribution in [0.4, 0.5) is 0 Å². The molecule has 0 bridgehead atoms. The van der Waals surface area contributed by atoms with Gasteiger partial charge in [0.1, 0.15) is 0 Å². The summed E-state index contributed by atoms with van der Waals surface area (Å²) in [5, 5.41) is 19.7. The summed E-state index contributed by atoms with van der Waals surface area (Å²) in [7, 11) is 0. The van der Waals surface area contributed by atoms with Gasteiger partial charge in [0, 0.05) is 0 Å². The molecule has 0 heterocycles. The van der Waals surface area contributed by atoms with Gasteiger partial charge in [-0.3, -0.25) is 0 Å². The Morgan fingerprint density at radius 3 is 1.33 bits per heavy atom. The van der Waals surface area contributed by atoms with E-state index in [4.69, 9.17) is 5.58 Å². The Morgan fingerprint density at radius 2 is 1.05 bits per heavy atom. The van der Waals surface area contributed by atoms with Crippen molar-refractivity contribution < 1.29 is 15.7 Å². The van der Waals surface area contributed by atoms with E-state index in [-0.39, 0.29) is 0 Å². The zero-order chi connectivity index (χ0) is 15.3. The Bertz CT molecular complexity index is 579. The second-order valence-electron chi connectivity index (χ2n) is 3.98. The van der Waals surface area contributed by atoms with Gasteiger partial charge in [0.25, 0.3) is 0 Å². The van der Waals surface area contributed by atoms with E-state index in [1.165, 1.54) is 0 Å². The zero-order valence-electron chi connectivity index (χ0n) is 10.6. The number of benzene rings is 2. The summed E-state index contributed by atoms with van der Waals surface area (Å²) in [4.78, 5) is 21.8. The molecule has 0 unspecified atom stereocenters. The van der Waals surface area contributed by atoms with Gasteiger partial charge in [0.05, 0.1) is 0 Å². The predicted octanol–water partition coefficient (Wildman–Crippen LogP) is 0.660. The van der Waals surface area contributed by atoms with Crippen molar-refractivity contribution in [2.75, 3.05) is 0 Å². The number of rotatable bonds is 6. The van der Waals surface area contributed by atoms with E-state index in [1.807, 2.05) is 0 Å². The molecule has 21 heavy (non-hydrogen) atoms. The van der Waals surface area contributed by atoms with Crippen LogP contribution in [-0.2, 0) is 5.58 Å². The van der Waals surface area contributed by atoms with Crippen molar-refractivity contribution in [2.24, 2.45) is 0 Å². The van der Waals surface area contributed by atoms with Gasteiger partial charge in [-0.2, -0.15) is 0 Å². The van der Waals surface area contributed by atoms with Crippen LogP contribution >= 0.6 is 0 Å². The molecule has 0 saturated carbocycles. The summed E-state index contributed by atoms with van der Waals surface area (Å²) < 4.78 is 10.3. The third-order valence-corrected chi connectivity index (χ3v) is 14.4. The summed E-state index contributed by atoms with van der Waals surface area (Å²) in [6, 6.07) is 16.1. The van der Waals surface area contributed by atoms with Crippen molar-refractivity contribution in [1.82, 2.24) is 0 Å². The molecule has 0 atom stereocenters. The first-order chi connectivity index (χ1) is 10.0. The van der Waals surface area contributed by atoms with Gasteiger partial charge in [-0.25, -0.2) is 0 Å². The van der Waals surface area contributed by atoms with Crippen LogP contribution in [0.1, 0.15) is 0 Å². The first-order valence-corrected chi connectivity index (χ1v) is 12.9. The van der Waals surface area contributed by atoms with E-state index in [9.17, 15) is 20.2 Å². The molecule has 2 aromatic carbocycles. The van der Waals surface area contributed by atoms with Crippen LogP contribution in [0.25, 0.3) is 0 Å². The zero-order valence-corrected chi connectivity index (χ0v) is 14.5. The molecule has 2 rings (SSSR count). The van der Waals surface area contributed by atoms with Crippen molar-refractivity contribution in [1.29, 1.82) is 0 Å². The summed E-state index contributed by atoms with van der Waals surface area (Å²) in [5.74, 6) is 0. The molecular formula is C12H10N2O6Pb. The molecule has 2 aromatic rings. The standard InChI is InChI=1S/2C6H5.2NO3.Pb/c2*1-2-4-6-5-3-1;2*2-1(3)4;/h2*1-5H;;;/q;;2*-1;+2. The molecule has 108 valence electrons. The second-order valence-corrected chi connectivity index (χ2v) is 14.7. The Morgan fingerprint density at radius 1 is 0.714 bits per heavy atom. The first kappa shape index (κ1) is 15.2. The van der Waals surface area contributed by atoms with Crippen molar-refractivity contribution >= 4 is 28.3 Å². The Labute approximate surface area is 125 Å². The Hall–Kier alpha value is -2.24. The molecule has 0 saturated heterocycles. The normalized spacial score (nSPS) is 10.7. The van der Waals surface area contributed by atoms with E-state index in [0.29, 0.717) is 6.25 Å². The fourth-order valence-corrected chi connectivity index (χ4v) is 11.5. The van der Waals surface area contributed by atoms with Crippen LogP contribution in [0.15, 0.2) is 60.7 Å². The molecule has 0 N–H and O–H groups in total. The van der Waals surface area contributed by atoms with Crippen LogP contribution in [0.5, 0.6) is 0 Å². The predicted molar refractivity (Wildman–Crippen MR) is 74.1 cm³/mol. The molecule has 0 fully saturated rings. The molecule has 0 spiro atoms. The van der Waals surface area contributed by atoms with Crippen molar-refractivity contribution in [3.05, 3.63) is 80.9 Å². The van der Waals surface area contributed by atoms with Gasteiger partial charge in [0.2, 0.25) is 0 Å². The number of hydrogen-bond donors (Lipinski definition) is 0. The van der Waals surface area contributed by atoms with E-state index in [0.717, 1.165) is 0 Å². The van der Waals surface area contributed by atoms with Gasteiger partial charge in [-0.15, -0.1) is 0 Å². The van der Waals surface area contributed by atoms with Gasteiger partial charge in [-0.05, 0) is 0 Å². The van der Waals surface area contributed by atoms with Crippen LogP contribution in [0.3, 0.4) is 0 Å². The maximum atomic E-state index is 10.9. The molecular weight excluding hydrogens is 475 g/mol. The number of nitrogens with zero attached hydrogens (tertiary/aromatic N) is 2. The van der Waals surface area contributed by atoms with Crippen LogP contribution in [-0.4, -0.2) is 32.3 Å². The molecule has 0 aliphatic rings. The van der Waals surface area contributed by atoms with Crippen LogP contribution in [0, 0.1) is 20.2 Å². The van der Waals surface area contributed by atoms with Gasteiger partial charge >= 0.3 is 125 Å². The molecule has 0 radical (unpaired) electrons. The summed E-state index contributed by atoms with van der Waals surface area (Å²) in [5.41, 5.74) is 0. The monoisotopic (exact) mass is 486 g/mol. The van der Waals surface area contributed by atoms with Gasteiger partial charge < -0.3 is 0 Å². The summed E-state index contributed by atoms with van der Waals surface area (Å²) >= 11 is -5.15. The first-order valence-electron chi connectivity index (χ1n) is 5.83.